The van der Waals surface area contributed by atoms with E-state index in [-0.39, 0.29) is 0 Å². The van der Waals surface area contributed by atoms with Gasteiger partial charge >= 0.3 is 0 Å². The molecule has 3 nitrogen and oxygen atoms in total. The first-order valence-electron chi connectivity index (χ1n) is 19.6. The number of thiophene rings is 1. The van der Waals surface area contributed by atoms with E-state index in [0.717, 1.165) is 23.1 Å². The maximum atomic E-state index is 5.17. The molecule has 58 heavy (non-hydrogen) atoms. The van der Waals surface area contributed by atoms with Crippen LogP contribution in [0.2, 0.25) is 0 Å². The Morgan fingerprint density at radius 1 is 0.345 bits per heavy atom. The first kappa shape index (κ1) is 34.0. The molecular formula is C54H35N3S. The molecule has 0 fully saturated rings. The lowest BCUT2D eigenvalue weighted by Crippen LogP contribution is -2.00. The Hall–Kier alpha value is -7.27. The van der Waals surface area contributed by atoms with Crippen LogP contribution in [0, 0.1) is 0 Å². The van der Waals surface area contributed by atoms with Crippen molar-refractivity contribution < 1.29 is 0 Å². The molecule has 0 N–H and O–H groups in total. The molecule has 2 aromatic heterocycles. The lowest BCUT2D eigenvalue weighted by molar-refractivity contribution is 1.07. The summed E-state index contributed by atoms with van der Waals surface area (Å²) in [7, 11) is 0. The topological polar surface area (TPSA) is 38.7 Å². The fourth-order valence-corrected chi connectivity index (χ4v) is 9.66. The lowest BCUT2D eigenvalue weighted by Gasteiger charge is -2.14. The van der Waals surface area contributed by atoms with Gasteiger partial charge in [-0.05, 0) is 74.0 Å². The van der Waals surface area contributed by atoms with Crippen molar-refractivity contribution in [3.8, 4) is 56.4 Å². The zero-order chi connectivity index (χ0) is 38.4. The lowest BCUT2D eigenvalue weighted by atomic mass is 9.90. The molecule has 4 heteroatoms. The van der Waals surface area contributed by atoms with Crippen LogP contribution in [0.3, 0.4) is 0 Å². The van der Waals surface area contributed by atoms with Crippen LogP contribution in [0.25, 0.3) is 98.1 Å². The second-order valence-corrected chi connectivity index (χ2v) is 15.8. The summed E-state index contributed by atoms with van der Waals surface area (Å²) in [5, 5.41) is 7.51. The van der Waals surface area contributed by atoms with Gasteiger partial charge < -0.3 is 0 Å². The van der Waals surface area contributed by atoms with Gasteiger partial charge in [0.15, 0.2) is 17.5 Å². The molecule has 0 bridgehead atoms. The Bertz CT molecular complexity index is 3300. The van der Waals surface area contributed by atoms with Crippen LogP contribution in [-0.4, -0.2) is 15.0 Å². The molecule has 0 saturated heterocycles. The van der Waals surface area contributed by atoms with Gasteiger partial charge in [0.05, 0.1) is 0 Å². The van der Waals surface area contributed by atoms with Crippen LogP contribution >= 0.6 is 11.3 Å². The van der Waals surface area contributed by atoms with E-state index >= 15 is 0 Å². The zero-order valence-electron chi connectivity index (χ0n) is 31.5. The van der Waals surface area contributed by atoms with Crippen molar-refractivity contribution in [2.24, 2.45) is 0 Å². The van der Waals surface area contributed by atoms with E-state index < -0.39 is 0 Å². The standard InChI is InChI=1S/C54H35N3S/c1-4-15-35(16-5-1)31-36-17-14-23-40(32-36)53-55-52(38-20-8-3-9-21-38)56-54(57-53)41-27-28-47-49(34-41)58-51-48(33-39-22-10-11-24-43(39)50(47)51)46-30-29-42(37-18-6-2-7-19-37)44-25-12-13-26-45(44)46/h1-30,32-34H,31H2. The fraction of sp³-hybridized carbons (Fsp3) is 0.0185. The maximum absolute atomic E-state index is 5.17. The van der Waals surface area contributed by atoms with Gasteiger partial charge in [-0.1, -0.05) is 182 Å². The van der Waals surface area contributed by atoms with Crippen molar-refractivity contribution in [1.29, 1.82) is 0 Å². The summed E-state index contributed by atoms with van der Waals surface area (Å²) >= 11 is 1.85. The minimum absolute atomic E-state index is 0.657. The average Bonchev–Trinajstić information content (AvgIpc) is 3.69. The van der Waals surface area contributed by atoms with E-state index in [1.807, 2.05) is 29.5 Å². The second kappa shape index (κ2) is 14.3. The van der Waals surface area contributed by atoms with E-state index in [9.17, 15) is 0 Å². The Morgan fingerprint density at radius 2 is 0.897 bits per heavy atom. The van der Waals surface area contributed by atoms with E-state index in [2.05, 4.69) is 182 Å². The molecule has 0 aliphatic rings. The molecule has 11 rings (SSSR count). The third-order valence-corrected chi connectivity index (χ3v) is 12.3. The SMILES string of the molecule is c1ccc(Cc2cccc(-c3nc(-c4ccccc4)nc(-c4ccc5c(c4)sc4c(-c6ccc(-c7ccccc7)c7ccccc67)cc6ccccc6c45)n3)c2)cc1. The summed E-state index contributed by atoms with van der Waals surface area (Å²) in [6, 6.07) is 71.4. The van der Waals surface area contributed by atoms with Crippen LogP contribution in [0.5, 0.6) is 0 Å². The molecule has 0 spiro atoms. The minimum Gasteiger partial charge on any atom is -0.208 e. The molecule has 0 radical (unpaired) electrons. The van der Waals surface area contributed by atoms with Gasteiger partial charge in [-0.2, -0.15) is 0 Å². The van der Waals surface area contributed by atoms with Crippen LogP contribution in [0.1, 0.15) is 11.1 Å². The Labute approximate surface area is 340 Å². The highest BCUT2D eigenvalue weighted by molar-refractivity contribution is 7.26. The van der Waals surface area contributed by atoms with E-state index in [1.54, 1.807) is 0 Å². The molecule has 0 saturated carbocycles. The molecule has 0 amide bonds. The first-order chi connectivity index (χ1) is 28.7. The zero-order valence-corrected chi connectivity index (χ0v) is 32.3. The van der Waals surface area contributed by atoms with Crippen LogP contribution in [0.15, 0.2) is 200 Å². The van der Waals surface area contributed by atoms with Crippen LogP contribution < -0.4 is 0 Å². The van der Waals surface area contributed by atoms with Gasteiger partial charge in [-0.25, -0.2) is 15.0 Å². The van der Waals surface area contributed by atoms with Crippen LogP contribution in [-0.2, 0) is 6.42 Å². The van der Waals surface area contributed by atoms with Gasteiger partial charge in [-0.15, -0.1) is 11.3 Å². The third kappa shape index (κ3) is 6.12. The average molecular weight is 758 g/mol. The highest BCUT2D eigenvalue weighted by atomic mass is 32.1. The molecule has 0 unspecified atom stereocenters. The monoisotopic (exact) mass is 757 g/mol. The molecule has 0 aliphatic heterocycles. The number of aromatic nitrogens is 3. The molecule has 0 atom stereocenters. The van der Waals surface area contributed by atoms with Gasteiger partial charge in [0.2, 0.25) is 0 Å². The molecule has 11 aromatic rings. The normalized spacial score (nSPS) is 11.5. The highest BCUT2D eigenvalue weighted by Gasteiger charge is 2.19. The number of rotatable bonds is 7. The Morgan fingerprint density at radius 3 is 1.64 bits per heavy atom. The van der Waals surface area contributed by atoms with Gasteiger partial charge in [-0.3, -0.25) is 0 Å². The summed E-state index contributed by atoms with van der Waals surface area (Å²) in [4.78, 5) is 15.3. The fourth-order valence-electron chi connectivity index (χ4n) is 8.37. The smallest absolute Gasteiger partial charge is 0.164 e. The van der Waals surface area contributed by atoms with Crippen molar-refractivity contribution in [2.75, 3.05) is 0 Å². The van der Waals surface area contributed by atoms with E-state index in [0.29, 0.717) is 17.5 Å². The summed E-state index contributed by atoms with van der Waals surface area (Å²) in [6.07, 6.45) is 0.838. The van der Waals surface area contributed by atoms with Crippen LogP contribution in [0.4, 0.5) is 0 Å². The molecule has 9 aromatic carbocycles. The Balaban J connectivity index is 1.08. The molecule has 0 aliphatic carbocycles. The van der Waals surface area contributed by atoms with Crippen molar-refractivity contribution in [3.63, 3.8) is 0 Å². The van der Waals surface area contributed by atoms with Crippen molar-refractivity contribution in [2.45, 2.75) is 6.42 Å². The number of hydrogen-bond donors (Lipinski definition) is 0. The largest absolute Gasteiger partial charge is 0.208 e. The summed E-state index contributed by atoms with van der Waals surface area (Å²) in [6.45, 7) is 0. The summed E-state index contributed by atoms with van der Waals surface area (Å²) in [5.74, 6) is 1.98. The minimum atomic E-state index is 0.657. The molecule has 272 valence electrons. The highest BCUT2D eigenvalue weighted by Crippen LogP contribution is 2.47. The predicted molar refractivity (Wildman–Crippen MR) is 244 cm³/mol. The van der Waals surface area contributed by atoms with Crippen molar-refractivity contribution >= 4 is 53.1 Å². The molecule has 2 heterocycles. The molecular weight excluding hydrogens is 723 g/mol. The van der Waals surface area contributed by atoms with Gasteiger partial charge in [0.1, 0.15) is 0 Å². The summed E-state index contributed by atoms with van der Waals surface area (Å²) < 4.78 is 2.48. The quantitative estimate of drug-likeness (QED) is 0.162. The summed E-state index contributed by atoms with van der Waals surface area (Å²) in [5.41, 5.74) is 10.3. The Kier molecular flexibility index (Phi) is 8.41. The van der Waals surface area contributed by atoms with Crippen molar-refractivity contribution in [1.82, 2.24) is 15.0 Å². The predicted octanol–water partition coefficient (Wildman–Crippen LogP) is 14.5. The van der Waals surface area contributed by atoms with Crippen molar-refractivity contribution in [3.05, 3.63) is 211 Å². The third-order valence-electron chi connectivity index (χ3n) is 11.1. The van der Waals surface area contributed by atoms with E-state index in [4.69, 9.17) is 15.0 Å². The number of nitrogens with zero attached hydrogens (tertiary/aromatic N) is 3. The van der Waals surface area contributed by atoms with Gasteiger partial charge in [0.25, 0.3) is 0 Å². The van der Waals surface area contributed by atoms with Gasteiger partial charge in [0, 0.05) is 42.4 Å². The number of benzene rings is 9. The first-order valence-corrected chi connectivity index (χ1v) is 20.5. The second-order valence-electron chi connectivity index (χ2n) is 14.8. The van der Waals surface area contributed by atoms with E-state index in [1.165, 1.54) is 75.1 Å². The maximum Gasteiger partial charge on any atom is 0.164 e. The number of fused-ring (bicyclic) bond motifs is 6. The number of hydrogen-bond acceptors (Lipinski definition) is 4.